The van der Waals surface area contributed by atoms with E-state index >= 15 is 0 Å². The lowest BCUT2D eigenvalue weighted by Crippen LogP contribution is -2.53. The number of nitrogens with two attached hydrogens (primary N) is 1. The number of hydrogen-bond acceptors (Lipinski definition) is 3. The van der Waals surface area contributed by atoms with Crippen molar-refractivity contribution in [3.05, 3.63) is 66.0 Å². The molecule has 0 spiro atoms. The molecule has 1 fully saturated rings. The number of anilines is 1. The van der Waals surface area contributed by atoms with Gasteiger partial charge in [-0.2, -0.15) is 0 Å². The van der Waals surface area contributed by atoms with Gasteiger partial charge in [0.15, 0.2) is 0 Å². The topological polar surface area (TPSA) is 49.6 Å². The van der Waals surface area contributed by atoms with Crippen LogP contribution < -0.4 is 10.6 Å². The second-order valence-electron chi connectivity index (χ2n) is 6.06. The van der Waals surface area contributed by atoms with Crippen LogP contribution in [0.5, 0.6) is 0 Å². The number of amides is 1. The molecule has 0 aromatic heterocycles. The van der Waals surface area contributed by atoms with Gasteiger partial charge in [0.25, 0.3) is 0 Å². The number of piperazine rings is 1. The summed E-state index contributed by atoms with van der Waals surface area (Å²) >= 11 is 0. The maximum atomic E-state index is 13.9. The number of carbonyl (C=O) groups is 1. The van der Waals surface area contributed by atoms with Crippen LogP contribution in [-0.4, -0.2) is 43.0 Å². The van der Waals surface area contributed by atoms with Gasteiger partial charge < -0.3 is 15.5 Å². The zero-order valence-corrected chi connectivity index (χ0v) is 16.0. The summed E-state index contributed by atoms with van der Waals surface area (Å²) < 4.78 is 13.9. The largest absolute Gasteiger partial charge is 0.366 e. The first-order chi connectivity index (χ1) is 11.6. The van der Waals surface area contributed by atoms with Gasteiger partial charge in [-0.3, -0.25) is 4.79 Å². The lowest BCUT2D eigenvalue weighted by molar-refractivity contribution is -0.132. The van der Waals surface area contributed by atoms with E-state index in [0.29, 0.717) is 38.3 Å². The Morgan fingerprint density at radius 2 is 1.54 bits per heavy atom. The van der Waals surface area contributed by atoms with Gasteiger partial charge >= 0.3 is 0 Å². The molecule has 2 aromatic rings. The molecule has 0 bridgehead atoms. The van der Waals surface area contributed by atoms with Gasteiger partial charge in [-0.1, -0.05) is 42.5 Å². The first-order valence-electron chi connectivity index (χ1n) is 8.23. The van der Waals surface area contributed by atoms with Crippen LogP contribution in [0.3, 0.4) is 0 Å². The lowest BCUT2D eigenvalue weighted by Gasteiger charge is -2.37. The molecular weight excluding hydrogens is 376 g/mol. The van der Waals surface area contributed by atoms with Crippen molar-refractivity contribution in [2.24, 2.45) is 5.73 Å². The van der Waals surface area contributed by atoms with E-state index in [1.54, 1.807) is 17.0 Å². The second-order valence-corrected chi connectivity index (χ2v) is 6.06. The highest BCUT2D eigenvalue weighted by atomic mass is 35.5. The molecule has 1 heterocycles. The van der Waals surface area contributed by atoms with Crippen LogP contribution >= 0.6 is 24.8 Å². The summed E-state index contributed by atoms with van der Waals surface area (Å²) in [6.07, 6.45) is 0.535. The third-order valence-corrected chi connectivity index (χ3v) is 4.40. The van der Waals surface area contributed by atoms with Gasteiger partial charge in [0.05, 0.1) is 11.7 Å². The van der Waals surface area contributed by atoms with Crippen LogP contribution in [0.4, 0.5) is 10.1 Å². The highest BCUT2D eigenvalue weighted by Gasteiger charge is 2.26. The fourth-order valence-corrected chi connectivity index (χ4v) is 3.07. The van der Waals surface area contributed by atoms with Gasteiger partial charge in [0, 0.05) is 26.2 Å². The molecular formula is C19H24Cl2FN3O. The van der Waals surface area contributed by atoms with E-state index < -0.39 is 6.04 Å². The third kappa shape index (κ3) is 5.34. The van der Waals surface area contributed by atoms with E-state index in [0.717, 1.165) is 5.56 Å². The molecule has 1 atom stereocenters. The first-order valence-corrected chi connectivity index (χ1v) is 8.23. The third-order valence-electron chi connectivity index (χ3n) is 4.40. The molecule has 0 aliphatic carbocycles. The molecule has 1 aliphatic rings. The van der Waals surface area contributed by atoms with Crippen molar-refractivity contribution >= 4 is 36.4 Å². The van der Waals surface area contributed by atoms with Crippen LogP contribution in [0.2, 0.25) is 0 Å². The fourth-order valence-electron chi connectivity index (χ4n) is 3.07. The Kier molecular flexibility index (Phi) is 8.85. The van der Waals surface area contributed by atoms with Crippen LogP contribution in [0.15, 0.2) is 54.6 Å². The quantitative estimate of drug-likeness (QED) is 0.859. The summed E-state index contributed by atoms with van der Waals surface area (Å²) in [5.41, 5.74) is 7.74. The van der Waals surface area contributed by atoms with Gasteiger partial charge in [-0.15, -0.1) is 24.8 Å². The number of rotatable bonds is 4. The van der Waals surface area contributed by atoms with Gasteiger partial charge in [-0.05, 0) is 24.1 Å². The van der Waals surface area contributed by atoms with Gasteiger partial charge in [0.2, 0.25) is 5.91 Å². The summed E-state index contributed by atoms with van der Waals surface area (Å²) in [6, 6.07) is 16.0. The molecule has 4 nitrogen and oxygen atoms in total. The molecule has 3 rings (SSSR count). The average Bonchev–Trinajstić information content (AvgIpc) is 2.62. The Bertz CT molecular complexity index is 694. The first kappa shape index (κ1) is 22.2. The molecule has 2 N–H and O–H groups in total. The van der Waals surface area contributed by atoms with Crippen molar-refractivity contribution in [2.75, 3.05) is 31.1 Å². The Balaban J connectivity index is 0.00000169. The molecule has 0 radical (unpaired) electrons. The van der Waals surface area contributed by atoms with E-state index in [1.165, 1.54) is 6.07 Å². The highest BCUT2D eigenvalue weighted by molar-refractivity contribution is 5.85. The highest BCUT2D eigenvalue weighted by Crippen LogP contribution is 2.20. The monoisotopic (exact) mass is 399 g/mol. The summed E-state index contributed by atoms with van der Waals surface area (Å²) in [7, 11) is 0. The Morgan fingerprint density at radius 3 is 2.15 bits per heavy atom. The van der Waals surface area contributed by atoms with E-state index in [4.69, 9.17) is 5.73 Å². The maximum absolute atomic E-state index is 13.9. The van der Waals surface area contributed by atoms with Crippen molar-refractivity contribution in [1.82, 2.24) is 4.90 Å². The number of para-hydroxylation sites is 1. The molecule has 0 saturated carbocycles. The SMILES string of the molecule is Cl.Cl.N[C@@H](Cc1ccccc1)C(=O)N1CCN(c2ccccc2F)CC1. The molecule has 1 saturated heterocycles. The predicted octanol–water partition coefficient (Wildman–Crippen LogP) is 2.89. The Labute approximate surface area is 166 Å². The Morgan fingerprint density at radius 1 is 0.962 bits per heavy atom. The van der Waals surface area contributed by atoms with Gasteiger partial charge in [-0.25, -0.2) is 4.39 Å². The number of nitrogens with zero attached hydrogens (tertiary/aromatic N) is 2. The minimum atomic E-state index is -0.535. The molecule has 26 heavy (non-hydrogen) atoms. The van der Waals surface area contributed by atoms with Crippen molar-refractivity contribution in [2.45, 2.75) is 12.5 Å². The number of halogens is 3. The van der Waals surface area contributed by atoms with E-state index in [2.05, 4.69) is 0 Å². The number of carbonyl (C=O) groups excluding carboxylic acids is 1. The average molecular weight is 400 g/mol. The fraction of sp³-hybridized carbons (Fsp3) is 0.316. The lowest BCUT2D eigenvalue weighted by atomic mass is 10.1. The minimum absolute atomic E-state index is 0. The predicted molar refractivity (Wildman–Crippen MR) is 108 cm³/mol. The second kappa shape index (κ2) is 10.4. The molecule has 1 aliphatic heterocycles. The van der Waals surface area contributed by atoms with Crippen LogP contribution in [0.25, 0.3) is 0 Å². The molecule has 7 heteroatoms. The van der Waals surface area contributed by atoms with Crippen molar-refractivity contribution in [1.29, 1.82) is 0 Å². The van der Waals surface area contributed by atoms with E-state index in [-0.39, 0.29) is 36.5 Å². The zero-order valence-electron chi connectivity index (χ0n) is 14.4. The zero-order chi connectivity index (χ0) is 16.9. The minimum Gasteiger partial charge on any atom is -0.366 e. The standard InChI is InChI=1S/C19H22FN3O.2ClH/c20-16-8-4-5-9-18(16)22-10-12-23(13-11-22)19(24)17(21)14-15-6-2-1-3-7-15;;/h1-9,17H,10-14,21H2;2*1H/t17-;;/m0../s1. The summed E-state index contributed by atoms with van der Waals surface area (Å²) in [6.45, 7) is 2.36. The van der Waals surface area contributed by atoms with Crippen molar-refractivity contribution in [3.8, 4) is 0 Å². The molecule has 142 valence electrons. The smallest absolute Gasteiger partial charge is 0.239 e. The number of hydrogen-bond donors (Lipinski definition) is 1. The van der Waals surface area contributed by atoms with E-state index in [1.807, 2.05) is 41.3 Å². The summed E-state index contributed by atoms with van der Waals surface area (Å²) in [5.74, 6) is -0.259. The number of benzene rings is 2. The molecule has 0 unspecified atom stereocenters. The van der Waals surface area contributed by atoms with Gasteiger partial charge in [0.1, 0.15) is 5.82 Å². The van der Waals surface area contributed by atoms with Crippen molar-refractivity contribution in [3.63, 3.8) is 0 Å². The van der Waals surface area contributed by atoms with Crippen molar-refractivity contribution < 1.29 is 9.18 Å². The Hall–Kier alpha value is -1.82. The summed E-state index contributed by atoms with van der Waals surface area (Å²) in [5, 5.41) is 0. The van der Waals surface area contributed by atoms with Crippen LogP contribution in [0.1, 0.15) is 5.56 Å². The normalized spacial score (nSPS) is 14.8. The van der Waals surface area contributed by atoms with Crippen LogP contribution in [0, 0.1) is 5.82 Å². The summed E-state index contributed by atoms with van der Waals surface area (Å²) in [4.78, 5) is 16.3. The molecule has 2 aromatic carbocycles. The van der Waals surface area contributed by atoms with Crippen LogP contribution in [-0.2, 0) is 11.2 Å². The maximum Gasteiger partial charge on any atom is 0.239 e. The molecule has 1 amide bonds. The van der Waals surface area contributed by atoms with E-state index in [9.17, 15) is 9.18 Å².